The number of nitrogens with one attached hydrogen (secondary N) is 3. The Balaban J connectivity index is 1.31. The fourth-order valence-electron chi connectivity index (χ4n) is 3.78. The van der Waals surface area contributed by atoms with E-state index in [-0.39, 0.29) is 23.7 Å². The van der Waals surface area contributed by atoms with Crippen molar-refractivity contribution in [3.8, 4) is 0 Å². The number of likely N-dealkylation sites (tertiary alicyclic amines) is 1. The number of nitrogens with zero attached hydrogens (tertiary/aromatic N) is 2. The molecule has 4 rings (SSSR count). The number of aromatic nitrogens is 2. The van der Waals surface area contributed by atoms with Gasteiger partial charge in [-0.15, -0.1) is 0 Å². The van der Waals surface area contributed by atoms with Crippen LogP contribution in [0.15, 0.2) is 42.6 Å². The van der Waals surface area contributed by atoms with Crippen LogP contribution >= 0.6 is 0 Å². The lowest BCUT2D eigenvalue weighted by Crippen LogP contribution is -2.51. The van der Waals surface area contributed by atoms with Crippen LogP contribution < -0.4 is 10.6 Å². The topological polar surface area (TPSA) is 90.1 Å². The molecule has 3 heterocycles. The van der Waals surface area contributed by atoms with E-state index in [1.165, 1.54) is 17.8 Å². The number of fused-ring (bicyclic) bond motifs is 1. The number of H-pyrrole nitrogens is 1. The van der Waals surface area contributed by atoms with E-state index in [0.717, 1.165) is 35.5 Å². The average molecular weight is 409 g/mol. The van der Waals surface area contributed by atoms with Crippen molar-refractivity contribution in [2.75, 3.05) is 13.1 Å². The number of aryl methyl sites for hydroxylation is 1. The van der Waals surface area contributed by atoms with Crippen LogP contribution in [0, 0.1) is 12.7 Å². The lowest BCUT2D eigenvalue weighted by atomic mass is 10.1. The molecular weight excluding hydrogens is 385 g/mol. The zero-order chi connectivity index (χ0) is 21.1. The van der Waals surface area contributed by atoms with Crippen molar-refractivity contribution in [1.82, 2.24) is 25.5 Å². The molecule has 1 fully saturated rings. The first kappa shape index (κ1) is 19.9. The third kappa shape index (κ3) is 4.59. The molecule has 1 saturated heterocycles. The molecule has 30 heavy (non-hydrogen) atoms. The van der Waals surface area contributed by atoms with E-state index in [9.17, 15) is 14.0 Å². The normalized spacial score (nSPS) is 16.5. The summed E-state index contributed by atoms with van der Waals surface area (Å²) in [7, 11) is 0. The minimum atomic E-state index is -0.494. The summed E-state index contributed by atoms with van der Waals surface area (Å²) in [5.74, 6) is -0.818. The van der Waals surface area contributed by atoms with Gasteiger partial charge in [-0.3, -0.25) is 9.78 Å². The highest BCUT2D eigenvalue weighted by molar-refractivity contribution is 5.92. The second kappa shape index (κ2) is 8.52. The first-order valence-corrected chi connectivity index (χ1v) is 10.0. The van der Waals surface area contributed by atoms with E-state index in [1.807, 2.05) is 25.1 Å². The first-order chi connectivity index (χ1) is 14.5. The van der Waals surface area contributed by atoms with Crippen LogP contribution in [0.5, 0.6) is 0 Å². The number of urea groups is 1. The van der Waals surface area contributed by atoms with Crippen LogP contribution in [0.3, 0.4) is 0 Å². The third-order valence-electron chi connectivity index (χ3n) is 5.26. The van der Waals surface area contributed by atoms with Crippen molar-refractivity contribution in [2.24, 2.45) is 0 Å². The summed E-state index contributed by atoms with van der Waals surface area (Å²) in [6.45, 7) is 3.35. The molecule has 1 aliphatic rings. The van der Waals surface area contributed by atoms with Gasteiger partial charge in [0.25, 0.3) is 5.91 Å². The largest absolute Gasteiger partial charge is 0.357 e. The number of rotatable bonds is 4. The monoisotopic (exact) mass is 409 g/mol. The van der Waals surface area contributed by atoms with Gasteiger partial charge in [0, 0.05) is 42.6 Å². The van der Waals surface area contributed by atoms with Crippen LogP contribution in [0.25, 0.3) is 10.9 Å². The molecule has 0 bridgehead atoms. The Bertz CT molecular complexity index is 1080. The molecule has 3 N–H and O–H groups in total. The van der Waals surface area contributed by atoms with Crippen LogP contribution in [-0.4, -0.2) is 45.9 Å². The summed E-state index contributed by atoms with van der Waals surface area (Å²) < 4.78 is 13.4. The Morgan fingerprint density at radius 1 is 1.27 bits per heavy atom. The lowest BCUT2D eigenvalue weighted by molar-refractivity contribution is 0.0691. The number of halogens is 1. The van der Waals surface area contributed by atoms with Crippen molar-refractivity contribution in [1.29, 1.82) is 0 Å². The van der Waals surface area contributed by atoms with Crippen LogP contribution in [-0.2, 0) is 6.54 Å². The number of benzene rings is 1. The van der Waals surface area contributed by atoms with E-state index in [2.05, 4.69) is 26.7 Å². The Hall–Kier alpha value is -3.42. The van der Waals surface area contributed by atoms with Gasteiger partial charge in [0.2, 0.25) is 0 Å². The van der Waals surface area contributed by atoms with E-state index in [1.54, 1.807) is 4.90 Å². The molecule has 1 atom stereocenters. The zero-order valence-corrected chi connectivity index (χ0v) is 16.7. The molecule has 1 aliphatic heterocycles. The van der Waals surface area contributed by atoms with Gasteiger partial charge in [0.15, 0.2) is 0 Å². The molecule has 0 saturated carbocycles. The van der Waals surface area contributed by atoms with Crippen molar-refractivity contribution in [2.45, 2.75) is 32.4 Å². The molecule has 1 aromatic carbocycles. The van der Waals surface area contributed by atoms with E-state index in [0.29, 0.717) is 19.6 Å². The molecule has 0 radical (unpaired) electrons. The number of hydrogen-bond donors (Lipinski definition) is 3. The van der Waals surface area contributed by atoms with Gasteiger partial charge in [0.1, 0.15) is 11.5 Å². The molecule has 7 nitrogen and oxygen atoms in total. The molecular formula is C22H24FN5O2. The minimum Gasteiger partial charge on any atom is -0.357 e. The average Bonchev–Trinajstić information content (AvgIpc) is 3.14. The number of piperidine rings is 1. The number of hydrogen-bond acceptors (Lipinski definition) is 3. The molecule has 8 heteroatoms. The fourth-order valence-corrected chi connectivity index (χ4v) is 3.78. The van der Waals surface area contributed by atoms with Crippen molar-refractivity contribution in [3.05, 3.63) is 65.4 Å². The highest BCUT2D eigenvalue weighted by atomic mass is 19.1. The maximum absolute atomic E-state index is 13.4. The molecule has 0 aliphatic carbocycles. The Kier molecular flexibility index (Phi) is 5.65. The van der Waals surface area contributed by atoms with E-state index < -0.39 is 5.82 Å². The van der Waals surface area contributed by atoms with Gasteiger partial charge >= 0.3 is 6.03 Å². The lowest BCUT2D eigenvalue weighted by Gasteiger charge is -2.33. The SMILES string of the molecule is Cc1ccc2[nH]c(CNC(=O)N[C@@H]3CCCN(C(=O)c4cc(F)ccn4)C3)cc2c1. The van der Waals surface area contributed by atoms with E-state index >= 15 is 0 Å². The highest BCUT2D eigenvalue weighted by Crippen LogP contribution is 2.17. The first-order valence-electron chi connectivity index (χ1n) is 10.0. The Morgan fingerprint density at radius 3 is 2.97 bits per heavy atom. The van der Waals surface area contributed by atoms with Gasteiger partial charge in [-0.25, -0.2) is 9.18 Å². The minimum absolute atomic E-state index is 0.0779. The van der Waals surface area contributed by atoms with Gasteiger partial charge in [0.05, 0.1) is 6.54 Å². The quantitative estimate of drug-likeness (QED) is 0.618. The van der Waals surface area contributed by atoms with E-state index in [4.69, 9.17) is 0 Å². The molecule has 3 aromatic rings. The molecule has 156 valence electrons. The standard InChI is InChI=1S/C22H24FN5O2/c1-14-4-5-19-15(9-14)10-18(26-19)12-25-22(30)27-17-3-2-8-28(13-17)21(29)20-11-16(23)6-7-24-20/h4-7,9-11,17,26H,2-3,8,12-13H2,1H3,(H2,25,27,30)/t17-/m1/s1. The van der Waals surface area contributed by atoms with Crippen molar-refractivity contribution >= 4 is 22.8 Å². The summed E-state index contributed by atoms with van der Waals surface area (Å²) in [6, 6.07) is 10.1. The summed E-state index contributed by atoms with van der Waals surface area (Å²) in [5.41, 5.74) is 3.21. The van der Waals surface area contributed by atoms with Gasteiger partial charge in [-0.1, -0.05) is 11.6 Å². The Labute approximate surface area is 173 Å². The zero-order valence-electron chi connectivity index (χ0n) is 16.7. The van der Waals surface area contributed by atoms with Gasteiger partial charge in [-0.05, 0) is 49.4 Å². The Morgan fingerprint density at radius 2 is 2.13 bits per heavy atom. The number of carbonyl (C=O) groups is 2. The van der Waals surface area contributed by atoms with Crippen LogP contribution in [0.4, 0.5) is 9.18 Å². The fraction of sp³-hybridized carbons (Fsp3) is 0.318. The predicted molar refractivity (Wildman–Crippen MR) is 112 cm³/mol. The van der Waals surface area contributed by atoms with Crippen molar-refractivity contribution < 1.29 is 14.0 Å². The summed E-state index contributed by atoms with van der Waals surface area (Å²) in [6.07, 6.45) is 2.81. The second-order valence-electron chi connectivity index (χ2n) is 7.66. The smallest absolute Gasteiger partial charge is 0.315 e. The number of pyridine rings is 1. The predicted octanol–water partition coefficient (Wildman–Crippen LogP) is 3.11. The number of carbonyl (C=O) groups excluding carboxylic acids is 2. The number of aromatic amines is 1. The second-order valence-corrected chi connectivity index (χ2v) is 7.66. The molecule has 0 spiro atoms. The highest BCUT2D eigenvalue weighted by Gasteiger charge is 2.26. The summed E-state index contributed by atoms with van der Waals surface area (Å²) in [4.78, 5) is 33.8. The maximum atomic E-state index is 13.4. The van der Waals surface area contributed by atoms with Crippen LogP contribution in [0.1, 0.15) is 34.6 Å². The van der Waals surface area contributed by atoms with Gasteiger partial charge in [-0.2, -0.15) is 0 Å². The van der Waals surface area contributed by atoms with Crippen LogP contribution in [0.2, 0.25) is 0 Å². The summed E-state index contributed by atoms with van der Waals surface area (Å²) >= 11 is 0. The number of amides is 3. The summed E-state index contributed by atoms with van der Waals surface area (Å²) in [5, 5.41) is 6.90. The van der Waals surface area contributed by atoms with Gasteiger partial charge < -0.3 is 20.5 Å². The molecule has 2 aromatic heterocycles. The molecule has 3 amide bonds. The maximum Gasteiger partial charge on any atom is 0.315 e. The van der Waals surface area contributed by atoms with Crippen molar-refractivity contribution in [3.63, 3.8) is 0 Å². The third-order valence-corrected chi connectivity index (χ3v) is 5.26. The molecule has 0 unspecified atom stereocenters.